The molecule has 0 aromatic heterocycles. The minimum absolute atomic E-state index is 0.232. The van der Waals surface area contributed by atoms with E-state index < -0.39 is 0 Å². The number of fused-ring (bicyclic) bond motifs is 3. The molecule has 1 fully saturated rings. The molecule has 4 unspecified atom stereocenters. The van der Waals surface area contributed by atoms with Crippen molar-refractivity contribution < 1.29 is 0 Å². The van der Waals surface area contributed by atoms with Crippen molar-refractivity contribution in [3.63, 3.8) is 0 Å². The highest BCUT2D eigenvalue weighted by Gasteiger charge is 2.57. The van der Waals surface area contributed by atoms with Gasteiger partial charge in [-0.05, 0) is 49.7 Å². The zero-order valence-corrected chi connectivity index (χ0v) is 13.8. The molecule has 0 radical (unpaired) electrons. The van der Waals surface area contributed by atoms with E-state index in [4.69, 9.17) is 18.4 Å². The first-order valence-corrected chi connectivity index (χ1v) is 8.28. The van der Waals surface area contributed by atoms with Gasteiger partial charge in [0.1, 0.15) is 12.5 Å². The zero-order chi connectivity index (χ0) is 14.1. The van der Waals surface area contributed by atoms with Crippen LogP contribution in [0, 0.1) is 13.8 Å². The highest BCUT2D eigenvalue weighted by atomic mass is 32.1. The van der Waals surface area contributed by atoms with Crippen molar-refractivity contribution >= 4 is 34.7 Å². The Kier molecular flexibility index (Phi) is 2.83. The van der Waals surface area contributed by atoms with Gasteiger partial charge in [0.15, 0.2) is 0 Å². The molecule has 2 aliphatic rings. The van der Waals surface area contributed by atoms with Gasteiger partial charge in [0.2, 0.25) is 0 Å². The molecule has 3 rings (SSSR count). The summed E-state index contributed by atoms with van der Waals surface area (Å²) in [6.07, 6.45) is 0.936. The van der Waals surface area contributed by atoms with Gasteiger partial charge in [-0.15, -0.1) is 12.6 Å². The lowest BCUT2D eigenvalue weighted by Crippen LogP contribution is -2.70. The summed E-state index contributed by atoms with van der Waals surface area (Å²) in [5.41, 5.74) is 10.9. The summed E-state index contributed by atoms with van der Waals surface area (Å²) >= 11 is 4.97. The molecule has 0 spiro atoms. The molecular weight excluding hydrogens is 272 g/mol. The summed E-state index contributed by atoms with van der Waals surface area (Å²) in [4.78, 5) is 0. The number of nitrogens with one attached hydrogen (secondary N) is 2. The van der Waals surface area contributed by atoms with E-state index in [1.54, 1.807) is 0 Å². The first-order chi connectivity index (χ1) is 8.67. The predicted octanol–water partition coefficient (Wildman–Crippen LogP) is 1.06. The van der Waals surface area contributed by atoms with E-state index >= 15 is 0 Å². The Morgan fingerprint density at radius 1 is 1.37 bits per heavy atom. The van der Waals surface area contributed by atoms with E-state index in [1.165, 1.54) is 22.4 Å². The highest BCUT2D eigenvalue weighted by molar-refractivity contribution is 7.89. The van der Waals surface area contributed by atoms with Crippen molar-refractivity contribution in [1.82, 2.24) is 5.32 Å². The van der Waals surface area contributed by atoms with E-state index in [2.05, 4.69) is 51.4 Å². The second-order valence-electron chi connectivity index (χ2n) is 6.34. The average Bonchev–Trinajstić information content (AvgIpc) is 2.48. The molecule has 0 aliphatic carbocycles. The summed E-state index contributed by atoms with van der Waals surface area (Å²) in [6.45, 7) is 6.37. The zero-order valence-electron chi connectivity index (χ0n) is 11.9. The lowest BCUT2D eigenvalue weighted by atomic mass is 9.71. The molecule has 0 saturated carbocycles. The Morgan fingerprint density at radius 2 is 2.00 bits per heavy atom. The first-order valence-electron chi connectivity index (χ1n) is 6.62. The van der Waals surface area contributed by atoms with E-state index in [9.17, 15) is 0 Å². The second kappa shape index (κ2) is 3.91. The molecule has 102 valence electrons. The van der Waals surface area contributed by atoms with Gasteiger partial charge in [-0.3, -0.25) is 5.32 Å². The van der Waals surface area contributed by atoms with E-state index in [1.807, 2.05) is 0 Å². The third-order valence-corrected chi connectivity index (χ3v) is 7.54. The Hall–Kier alpha value is -0.215. The standard InChI is InChI=1S/C13H21BN3PS/c1-7-4-9-10(5-8(7)2)16-13(19)12(9,14)17-11(3,15)6-18-13/h4-5,16-19H,6,14-15H2,1-3H3. The van der Waals surface area contributed by atoms with Crippen molar-refractivity contribution in [3.8, 4) is 0 Å². The van der Waals surface area contributed by atoms with E-state index in [-0.39, 0.29) is 15.7 Å². The smallest absolute Gasteiger partial charge is 0.138 e. The first kappa shape index (κ1) is 13.8. The fourth-order valence-corrected chi connectivity index (χ4v) is 5.17. The number of hydrogen-bond donors (Lipinski definition) is 4. The van der Waals surface area contributed by atoms with Crippen LogP contribution < -0.4 is 16.4 Å². The van der Waals surface area contributed by atoms with Gasteiger partial charge in [0.25, 0.3) is 0 Å². The van der Waals surface area contributed by atoms with Gasteiger partial charge in [0.05, 0.1) is 5.66 Å². The number of hydrogen-bond acceptors (Lipinski definition) is 4. The maximum Gasteiger partial charge on any atom is 0.138 e. The van der Waals surface area contributed by atoms with Crippen molar-refractivity contribution in [2.75, 3.05) is 11.5 Å². The summed E-state index contributed by atoms with van der Waals surface area (Å²) in [5.74, 6) is 0. The van der Waals surface area contributed by atoms with Gasteiger partial charge in [-0.2, -0.15) is 0 Å². The maximum absolute atomic E-state index is 6.34. The van der Waals surface area contributed by atoms with Crippen LogP contribution in [0.1, 0.15) is 23.6 Å². The number of thiol groups is 1. The molecule has 3 nitrogen and oxygen atoms in total. The molecule has 2 heterocycles. The average molecular weight is 293 g/mol. The molecule has 1 aromatic rings. The molecule has 4 atom stereocenters. The van der Waals surface area contributed by atoms with Crippen molar-refractivity contribution in [2.24, 2.45) is 5.73 Å². The van der Waals surface area contributed by atoms with Crippen LogP contribution in [0.25, 0.3) is 0 Å². The topological polar surface area (TPSA) is 50.1 Å². The second-order valence-corrected chi connectivity index (χ2v) is 8.89. The monoisotopic (exact) mass is 293 g/mol. The lowest BCUT2D eigenvalue weighted by molar-refractivity contribution is 0.301. The van der Waals surface area contributed by atoms with Crippen LogP contribution in [0.4, 0.5) is 5.69 Å². The molecular formula is C13H21BN3PS. The number of nitrogens with two attached hydrogens (primary N) is 1. The maximum atomic E-state index is 6.34. The highest BCUT2D eigenvalue weighted by Crippen LogP contribution is 2.58. The lowest BCUT2D eigenvalue weighted by Gasteiger charge is -2.51. The summed E-state index contributed by atoms with van der Waals surface area (Å²) in [5, 5.41) is 7.24. The number of aryl methyl sites for hydroxylation is 2. The minimum atomic E-state index is -0.332. The third kappa shape index (κ3) is 1.86. The van der Waals surface area contributed by atoms with Gasteiger partial charge in [-0.25, -0.2) is 0 Å². The molecule has 2 aliphatic heterocycles. The third-order valence-electron chi connectivity index (χ3n) is 4.46. The number of benzene rings is 1. The van der Waals surface area contributed by atoms with Crippen LogP contribution in [-0.4, -0.2) is 24.3 Å². The Balaban J connectivity index is 2.17. The van der Waals surface area contributed by atoms with Gasteiger partial charge in [0, 0.05) is 11.1 Å². The summed E-state index contributed by atoms with van der Waals surface area (Å²) < 4.78 is -0.242. The van der Waals surface area contributed by atoms with Crippen molar-refractivity contribution in [3.05, 3.63) is 28.8 Å². The van der Waals surface area contributed by atoms with Crippen LogP contribution in [0.3, 0.4) is 0 Å². The molecule has 0 bridgehead atoms. The van der Waals surface area contributed by atoms with Crippen LogP contribution >= 0.6 is 21.2 Å². The normalized spacial score (nSPS) is 41.7. The molecule has 4 N–H and O–H groups in total. The molecule has 19 heavy (non-hydrogen) atoms. The van der Waals surface area contributed by atoms with Crippen LogP contribution in [-0.2, 0) is 5.44 Å². The quantitative estimate of drug-likeness (QED) is 0.329. The molecule has 1 aromatic carbocycles. The van der Waals surface area contributed by atoms with Crippen molar-refractivity contribution in [2.45, 2.75) is 36.5 Å². The van der Waals surface area contributed by atoms with Crippen molar-refractivity contribution in [1.29, 1.82) is 0 Å². The number of rotatable bonds is 0. The Bertz CT molecular complexity index is 565. The van der Waals surface area contributed by atoms with E-state index in [0.717, 1.165) is 6.16 Å². The van der Waals surface area contributed by atoms with E-state index in [0.29, 0.717) is 8.58 Å². The largest absolute Gasteiger partial charge is 0.366 e. The number of anilines is 1. The van der Waals surface area contributed by atoms with Gasteiger partial charge in [-0.1, -0.05) is 14.6 Å². The Morgan fingerprint density at radius 3 is 2.68 bits per heavy atom. The van der Waals surface area contributed by atoms with Crippen LogP contribution in [0.2, 0.25) is 0 Å². The fraction of sp³-hybridized carbons (Fsp3) is 0.538. The summed E-state index contributed by atoms with van der Waals surface area (Å²) in [7, 11) is 2.88. The van der Waals surface area contributed by atoms with Gasteiger partial charge < -0.3 is 11.1 Å². The van der Waals surface area contributed by atoms with Crippen LogP contribution in [0.5, 0.6) is 0 Å². The van der Waals surface area contributed by atoms with Crippen LogP contribution in [0.15, 0.2) is 12.1 Å². The minimum Gasteiger partial charge on any atom is -0.366 e. The molecule has 1 saturated heterocycles. The predicted molar refractivity (Wildman–Crippen MR) is 90.4 cm³/mol. The molecule has 6 heteroatoms. The van der Waals surface area contributed by atoms with Gasteiger partial charge >= 0.3 is 0 Å². The Labute approximate surface area is 123 Å². The molecule has 0 amide bonds. The summed E-state index contributed by atoms with van der Waals surface area (Å²) in [6, 6.07) is 4.50. The fourth-order valence-electron chi connectivity index (χ4n) is 3.15. The SMILES string of the molecule is BC12NC(C)(N)CPC1(S)Nc1cc(C)c(C)cc12.